The molecule has 0 aliphatic heterocycles. The van der Waals surface area contributed by atoms with Crippen LogP contribution in [0, 0.1) is 0 Å². The summed E-state index contributed by atoms with van der Waals surface area (Å²) < 4.78 is 32.9. The van der Waals surface area contributed by atoms with Gasteiger partial charge < -0.3 is 20.9 Å². The zero-order chi connectivity index (χ0) is 11.9. The molecule has 0 heterocycles. The van der Waals surface area contributed by atoms with Gasteiger partial charge in [-0.2, -0.15) is 0 Å². The number of quaternary nitrogens is 1. The third kappa shape index (κ3) is 2.16. The van der Waals surface area contributed by atoms with E-state index in [1.54, 1.807) is 0 Å². The molecule has 0 saturated heterocycles. The first-order chi connectivity index (χ1) is 7.41. The van der Waals surface area contributed by atoms with Crippen LogP contribution in [0.1, 0.15) is 0 Å². The fourth-order valence-electron chi connectivity index (χ4n) is 1.56. The molecule has 0 atom stereocenters. The number of hydrogen-bond acceptors (Lipinski definition) is 5. The maximum absolute atomic E-state index is 11.0. The fraction of sp³-hybridized carbons (Fsp3) is 0. The van der Waals surface area contributed by atoms with Crippen LogP contribution in [0.15, 0.2) is 35.2 Å². The lowest BCUT2D eigenvalue weighted by Crippen LogP contribution is -1.99. The molecule has 2 aromatic carbocycles. The molecular weight excluding hydrogens is 246 g/mol. The minimum atomic E-state index is -4.64. The van der Waals surface area contributed by atoms with Crippen molar-refractivity contribution >= 4 is 20.9 Å². The molecule has 17 heavy (non-hydrogen) atoms. The second-order valence-electron chi connectivity index (χ2n) is 3.24. The molecule has 0 saturated carbocycles. The van der Waals surface area contributed by atoms with Crippen molar-refractivity contribution in [3.63, 3.8) is 0 Å². The highest BCUT2D eigenvalue weighted by atomic mass is 32.2. The highest BCUT2D eigenvalue weighted by Gasteiger charge is 2.12. The molecule has 2 aromatic rings. The number of rotatable bonds is 1. The Bertz CT molecular complexity index is 657. The Hall–Kier alpha value is -1.83. The molecule has 2 rings (SSSR count). The lowest BCUT2D eigenvalue weighted by molar-refractivity contribution is 0.461. The second-order valence-corrected chi connectivity index (χ2v) is 4.58. The highest BCUT2D eigenvalue weighted by molar-refractivity contribution is 7.86. The van der Waals surface area contributed by atoms with Crippen molar-refractivity contribution in [1.29, 1.82) is 0 Å². The summed E-state index contributed by atoms with van der Waals surface area (Å²) in [4.78, 5) is -0.462. The molecule has 0 aliphatic carbocycles. The molecule has 0 fully saturated rings. The molecule has 92 valence electrons. The average molecular weight is 257 g/mol. The van der Waals surface area contributed by atoms with E-state index < -0.39 is 15.0 Å². The van der Waals surface area contributed by atoms with Crippen LogP contribution >= 0.6 is 0 Å². The SMILES string of the molecule is O=S(=O)([O-])c1ccc(O)c2c(O)cccc12.[NH4+]. The van der Waals surface area contributed by atoms with Gasteiger partial charge in [0, 0.05) is 5.39 Å². The van der Waals surface area contributed by atoms with Gasteiger partial charge in [-0.15, -0.1) is 0 Å². The number of aromatic hydroxyl groups is 2. The number of hydrogen-bond donors (Lipinski definition) is 3. The minimum absolute atomic E-state index is 0. The molecule has 0 aromatic heterocycles. The predicted molar refractivity (Wildman–Crippen MR) is 61.2 cm³/mol. The number of fused-ring (bicyclic) bond motifs is 1. The second kappa shape index (κ2) is 4.21. The quantitative estimate of drug-likeness (QED) is 0.666. The molecule has 0 unspecified atom stereocenters. The largest absolute Gasteiger partial charge is 0.744 e. The van der Waals surface area contributed by atoms with E-state index in [1.165, 1.54) is 18.2 Å². The van der Waals surface area contributed by atoms with Crippen LogP contribution in [0.2, 0.25) is 0 Å². The summed E-state index contributed by atoms with van der Waals surface area (Å²) in [6.45, 7) is 0. The molecule has 0 amide bonds. The van der Waals surface area contributed by atoms with E-state index in [4.69, 9.17) is 0 Å². The van der Waals surface area contributed by atoms with Crippen LogP contribution in [0.3, 0.4) is 0 Å². The van der Waals surface area contributed by atoms with Crippen LogP contribution < -0.4 is 6.15 Å². The van der Waals surface area contributed by atoms with Crippen LogP contribution in [0.5, 0.6) is 11.5 Å². The molecule has 0 bridgehead atoms. The standard InChI is InChI=1S/C10H8O5S.H3N/c11-7-3-1-2-6-9(16(13,14)15)5-4-8(12)10(6)7;/h1-5,11-12H,(H,13,14,15);1H3. The summed E-state index contributed by atoms with van der Waals surface area (Å²) >= 11 is 0. The van der Waals surface area contributed by atoms with Gasteiger partial charge in [0.1, 0.15) is 21.6 Å². The van der Waals surface area contributed by atoms with Crippen molar-refractivity contribution in [3.05, 3.63) is 30.3 Å². The summed E-state index contributed by atoms with van der Waals surface area (Å²) in [6, 6.07) is 6.11. The Balaban J connectivity index is 0.00000144. The summed E-state index contributed by atoms with van der Waals surface area (Å²) in [5, 5.41) is 18.9. The molecule has 0 spiro atoms. The van der Waals surface area contributed by atoms with Crippen molar-refractivity contribution in [3.8, 4) is 11.5 Å². The van der Waals surface area contributed by atoms with Crippen molar-refractivity contribution in [2.45, 2.75) is 4.90 Å². The van der Waals surface area contributed by atoms with Crippen molar-refractivity contribution in [2.24, 2.45) is 0 Å². The van der Waals surface area contributed by atoms with Gasteiger partial charge in [0.15, 0.2) is 0 Å². The van der Waals surface area contributed by atoms with Gasteiger partial charge in [-0.1, -0.05) is 12.1 Å². The molecule has 0 aliphatic rings. The Labute approximate surface area is 97.5 Å². The minimum Gasteiger partial charge on any atom is -0.744 e. The zero-order valence-corrected chi connectivity index (χ0v) is 9.73. The lowest BCUT2D eigenvalue weighted by atomic mass is 10.1. The molecule has 6 N–H and O–H groups in total. The van der Waals surface area contributed by atoms with Crippen LogP contribution in [0.4, 0.5) is 0 Å². The number of phenolic OH excluding ortho intramolecular Hbond substituents is 2. The van der Waals surface area contributed by atoms with Crippen LogP contribution in [-0.2, 0) is 10.1 Å². The Kier molecular flexibility index (Phi) is 3.28. The van der Waals surface area contributed by atoms with E-state index in [2.05, 4.69) is 0 Å². The van der Waals surface area contributed by atoms with E-state index >= 15 is 0 Å². The average Bonchev–Trinajstić information content (AvgIpc) is 2.16. The zero-order valence-electron chi connectivity index (χ0n) is 8.91. The Morgan fingerprint density at radius 1 is 1.00 bits per heavy atom. The van der Waals surface area contributed by atoms with E-state index in [1.807, 2.05) is 0 Å². The summed E-state index contributed by atoms with van der Waals surface area (Å²) in [5.41, 5.74) is 0. The first-order valence-corrected chi connectivity index (χ1v) is 5.71. The van der Waals surface area contributed by atoms with Crippen LogP contribution in [-0.4, -0.2) is 23.2 Å². The molecule has 7 heteroatoms. The van der Waals surface area contributed by atoms with Crippen molar-refractivity contribution in [2.75, 3.05) is 0 Å². The van der Waals surface area contributed by atoms with Gasteiger partial charge in [-0.25, -0.2) is 8.42 Å². The number of phenols is 2. The number of benzene rings is 2. The lowest BCUT2D eigenvalue weighted by Gasteiger charge is -2.12. The topological polar surface area (TPSA) is 134 Å². The smallest absolute Gasteiger partial charge is 0.127 e. The Morgan fingerprint density at radius 2 is 1.59 bits per heavy atom. The van der Waals surface area contributed by atoms with Crippen molar-refractivity contribution in [1.82, 2.24) is 6.15 Å². The van der Waals surface area contributed by atoms with Gasteiger partial charge >= 0.3 is 0 Å². The maximum Gasteiger partial charge on any atom is 0.127 e. The van der Waals surface area contributed by atoms with Gasteiger partial charge in [0.2, 0.25) is 0 Å². The van der Waals surface area contributed by atoms with Crippen molar-refractivity contribution < 1.29 is 23.2 Å². The monoisotopic (exact) mass is 257 g/mol. The summed E-state index contributed by atoms with van der Waals surface area (Å²) in [7, 11) is -4.64. The van der Waals surface area contributed by atoms with Gasteiger partial charge in [-0.05, 0) is 18.2 Å². The van der Waals surface area contributed by atoms with Crippen LogP contribution in [0.25, 0.3) is 10.8 Å². The van der Waals surface area contributed by atoms with E-state index in [0.29, 0.717) is 0 Å². The van der Waals surface area contributed by atoms with Gasteiger partial charge in [0.05, 0.1) is 10.3 Å². The molecule has 6 nitrogen and oxygen atoms in total. The first-order valence-electron chi connectivity index (χ1n) is 4.31. The normalized spacial score (nSPS) is 11.1. The summed E-state index contributed by atoms with van der Waals surface area (Å²) in [6.07, 6.45) is 0. The first kappa shape index (κ1) is 13.2. The van der Waals surface area contributed by atoms with Gasteiger partial charge in [-0.3, -0.25) is 0 Å². The van der Waals surface area contributed by atoms with Gasteiger partial charge in [0.25, 0.3) is 0 Å². The third-order valence-corrected chi connectivity index (χ3v) is 3.12. The molecular formula is C10H11NO5S. The Morgan fingerprint density at radius 3 is 2.18 bits per heavy atom. The summed E-state index contributed by atoms with van der Waals surface area (Å²) in [5.74, 6) is -0.555. The third-order valence-electron chi connectivity index (χ3n) is 2.23. The predicted octanol–water partition coefficient (Wildman–Crippen LogP) is 1.53. The molecule has 0 radical (unpaired) electrons. The fourth-order valence-corrected chi connectivity index (χ4v) is 2.23. The maximum atomic E-state index is 11.0. The highest BCUT2D eigenvalue weighted by Crippen LogP contribution is 2.35. The van der Waals surface area contributed by atoms with E-state index in [-0.39, 0.29) is 28.4 Å². The van der Waals surface area contributed by atoms with E-state index in [0.717, 1.165) is 12.1 Å². The van der Waals surface area contributed by atoms with E-state index in [9.17, 15) is 23.2 Å².